The van der Waals surface area contributed by atoms with Gasteiger partial charge in [-0.15, -0.1) is 0 Å². The molecule has 0 radical (unpaired) electrons. The van der Waals surface area contributed by atoms with Crippen molar-refractivity contribution < 1.29 is 4.74 Å². The fourth-order valence-electron chi connectivity index (χ4n) is 2.65. The summed E-state index contributed by atoms with van der Waals surface area (Å²) in [6.07, 6.45) is 1.05. The quantitative estimate of drug-likeness (QED) is 0.912. The largest absolute Gasteiger partial charge is 0.497 e. The molecule has 1 aliphatic rings. The van der Waals surface area contributed by atoms with Crippen molar-refractivity contribution in [3.63, 3.8) is 0 Å². The molecule has 19 heavy (non-hydrogen) atoms. The van der Waals surface area contributed by atoms with Gasteiger partial charge in [-0.3, -0.25) is 0 Å². The van der Waals surface area contributed by atoms with Crippen molar-refractivity contribution in [3.05, 3.63) is 63.6 Å². The molecule has 0 amide bonds. The van der Waals surface area contributed by atoms with Gasteiger partial charge in [-0.2, -0.15) is 0 Å². The summed E-state index contributed by atoms with van der Waals surface area (Å²) in [4.78, 5) is 0. The van der Waals surface area contributed by atoms with Crippen LogP contribution in [-0.2, 0) is 6.42 Å². The molecule has 3 heteroatoms. The molecule has 2 nitrogen and oxygen atoms in total. The highest BCUT2D eigenvalue weighted by atomic mass is 79.9. The highest BCUT2D eigenvalue weighted by Crippen LogP contribution is 2.31. The number of ether oxygens (including phenoxy) is 1. The van der Waals surface area contributed by atoms with Gasteiger partial charge < -0.3 is 10.1 Å². The number of rotatable bonds is 2. The molecular weight excluding hydrogens is 302 g/mol. The highest BCUT2D eigenvalue weighted by molar-refractivity contribution is 9.10. The van der Waals surface area contributed by atoms with Crippen LogP contribution in [0.4, 0.5) is 0 Å². The SMILES string of the molecule is COc1ccc2c(c1)CCNC2c1cccc(Br)c1. The summed E-state index contributed by atoms with van der Waals surface area (Å²) in [6.45, 7) is 0.997. The predicted molar refractivity (Wildman–Crippen MR) is 80.7 cm³/mol. The number of hydrogen-bond acceptors (Lipinski definition) is 2. The van der Waals surface area contributed by atoms with E-state index in [4.69, 9.17) is 4.74 Å². The monoisotopic (exact) mass is 317 g/mol. The molecule has 2 aromatic carbocycles. The molecule has 0 aromatic heterocycles. The van der Waals surface area contributed by atoms with E-state index in [1.807, 2.05) is 6.07 Å². The van der Waals surface area contributed by atoms with Crippen LogP contribution in [0.1, 0.15) is 22.7 Å². The van der Waals surface area contributed by atoms with Gasteiger partial charge in [0.1, 0.15) is 5.75 Å². The van der Waals surface area contributed by atoms with Crippen LogP contribution in [0.5, 0.6) is 5.75 Å². The number of hydrogen-bond donors (Lipinski definition) is 1. The lowest BCUT2D eigenvalue weighted by molar-refractivity contribution is 0.413. The predicted octanol–water partition coefficient (Wildman–Crippen LogP) is 3.69. The Morgan fingerprint density at radius 3 is 2.89 bits per heavy atom. The Morgan fingerprint density at radius 2 is 2.11 bits per heavy atom. The molecule has 1 aliphatic heterocycles. The second kappa shape index (κ2) is 5.35. The van der Waals surface area contributed by atoms with Crippen LogP contribution in [0.3, 0.4) is 0 Å². The van der Waals surface area contributed by atoms with Gasteiger partial charge in [-0.05, 0) is 47.4 Å². The maximum Gasteiger partial charge on any atom is 0.119 e. The first-order valence-corrected chi connectivity index (χ1v) is 7.23. The lowest BCUT2D eigenvalue weighted by Crippen LogP contribution is -2.30. The summed E-state index contributed by atoms with van der Waals surface area (Å²) in [7, 11) is 1.72. The first-order chi connectivity index (χ1) is 9.28. The molecule has 3 rings (SSSR count). The van der Waals surface area contributed by atoms with Crippen LogP contribution in [0.25, 0.3) is 0 Å². The number of methoxy groups -OCH3 is 1. The third-order valence-corrected chi connectivity index (χ3v) is 4.08. The summed E-state index contributed by atoms with van der Waals surface area (Å²) in [5.74, 6) is 0.939. The fourth-order valence-corrected chi connectivity index (χ4v) is 3.07. The molecule has 1 atom stereocenters. The van der Waals surface area contributed by atoms with Gasteiger partial charge in [-0.25, -0.2) is 0 Å². The first-order valence-electron chi connectivity index (χ1n) is 6.43. The zero-order valence-corrected chi connectivity index (χ0v) is 12.4. The number of nitrogens with one attached hydrogen (secondary N) is 1. The van der Waals surface area contributed by atoms with E-state index < -0.39 is 0 Å². The fraction of sp³-hybridized carbons (Fsp3) is 0.250. The zero-order valence-electron chi connectivity index (χ0n) is 10.8. The van der Waals surface area contributed by atoms with Gasteiger partial charge in [-0.1, -0.05) is 34.1 Å². The third-order valence-electron chi connectivity index (χ3n) is 3.59. The first kappa shape index (κ1) is 12.7. The lowest BCUT2D eigenvalue weighted by Gasteiger charge is -2.28. The van der Waals surface area contributed by atoms with Gasteiger partial charge in [0.2, 0.25) is 0 Å². The van der Waals surface area contributed by atoms with Crippen LogP contribution in [0.15, 0.2) is 46.9 Å². The molecule has 98 valence electrons. The smallest absolute Gasteiger partial charge is 0.119 e. The Balaban J connectivity index is 2.03. The molecule has 0 saturated carbocycles. The van der Waals surface area contributed by atoms with Crippen molar-refractivity contribution in [1.82, 2.24) is 5.32 Å². The molecule has 2 aromatic rings. The normalized spacial score (nSPS) is 17.9. The van der Waals surface area contributed by atoms with E-state index in [2.05, 4.69) is 57.6 Å². The Morgan fingerprint density at radius 1 is 1.21 bits per heavy atom. The Kier molecular flexibility index (Phi) is 3.58. The molecule has 0 spiro atoms. The van der Waals surface area contributed by atoms with Crippen molar-refractivity contribution in [1.29, 1.82) is 0 Å². The molecule has 1 heterocycles. The van der Waals surface area contributed by atoms with Crippen LogP contribution in [-0.4, -0.2) is 13.7 Å². The number of fused-ring (bicyclic) bond motifs is 1. The van der Waals surface area contributed by atoms with E-state index in [-0.39, 0.29) is 6.04 Å². The molecule has 1 N–H and O–H groups in total. The molecule has 0 fully saturated rings. The zero-order chi connectivity index (χ0) is 13.2. The molecule has 0 saturated heterocycles. The van der Waals surface area contributed by atoms with Crippen LogP contribution in [0.2, 0.25) is 0 Å². The van der Waals surface area contributed by atoms with Gasteiger partial charge in [0.05, 0.1) is 13.2 Å². The van der Waals surface area contributed by atoms with E-state index in [1.165, 1.54) is 16.7 Å². The maximum atomic E-state index is 5.31. The van der Waals surface area contributed by atoms with Gasteiger partial charge >= 0.3 is 0 Å². The summed E-state index contributed by atoms with van der Waals surface area (Å²) >= 11 is 3.54. The van der Waals surface area contributed by atoms with Crippen molar-refractivity contribution in [2.45, 2.75) is 12.5 Å². The average molecular weight is 318 g/mol. The van der Waals surface area contributed by atoms with Crippen LogP contribution < -0.4 is 10.1 Å². The summed E-state index contributed by atoms with van der Waals surface area (Å²) < 4.78 is 6.43. The van der Waals surface area contributed by atoms with Crippen molar-refractivity contribution in [3.8, 4) is 5.75 Å². The van der Waals surface area contributed by atoms with E-state index in [1.54, 1.807) is 7.11 Å². The third kappa shape index (κ3) is 2.53. The van der Waals surface area contributed by atoms with E-state index >= 15 is 0 Å². The van der Waals surface area contributed by atoms with Crippen LogP contribution in [0, 0.1) is 0 Å². The molecular formula is C16H16BrNO. The Hall–Kier alpha value is -1.32. The summed E-state index contributed by atoms with van der Waals surface area (Å²) in [6, 6.07) is 15.1. The van der Waals surface area contributed by atoms with Crippen molar-refractivity contribution in [2.24, 2.45) is 0 Å². The Bertz CT molecular complexity index is 597. The molecule has 0 bridgehead atoms. The summed E-state index contributed by atoms with van der Waals surface area (Å²) in [5.41, 5.74) is 4.02. The Labute approximate surface area is 121 Å². The van der Waals surface area contributed by atoms with E-state index in [9.17, 15) is 0 Å². The minimum atomic E-state index is 0.271. The number of benzene rings is 2. The van der Waals surface area contributed by atoms with Crippen molar-refractivity contribution in [2.75, 3.05) is 13.7 Å². The van der Waals surface area contributed by atoms with Gasteiger partial charge in [0.15, 0.2) is 0 Å². The second-order valence-corrected chi connectivity index (χ2v) is 5.67. The van der Waals surface area contributed by atoms with Gasteiger partial charge in [0, 0.05) is 11.0 Å². The topological polar surface area (TPSA) is 21.3 Å². The number of halogens is 1. The summed E-state index contributed by atoms with van der Waals surface area (Å²) in [5, 5.41) is 3.59. The molecule has 1 unspecified atom stereocenters. The molecule has 0 aliphatic carbocycles. The minimum Gasteiger partial charge on any atom is -0.497 e. The highest BCUT2D eigenvalue weighted by Gasteiger charge is 2.21. The van der Waals surface area contributed by atoms with E-state index in [0.717, 1.165) is 23.2 Å². The standard InChI is InChI=1S/C16H16BrNO/c1-19-14-5-6-15-11(10-14)7-8-18-16(15)12-3-2-4-13(17)9-12/h2-6,9-10,16,18H,7-8H2,1H3. The van der Waals surface area contributed by atoms with Crippen molar-refractivity contribution >= 4 is 15.9 Å². The average Bonchev–Trinajstić information content (AvgIpc) is 2.46. The maximum absolute atomic E-state index is 5.31. The second-order valence-electron chi connectivity index (χ2n) is 4.76. The van der Waals surface area contributed by atoms with Crippen LogP contribution >= 0.6 is 15.9 Å². The van der Waals surface area contributed by atoms with E-state index in [0.29, 0.717) is 0 Å². The minimum absolute atomic E-state index is 0.271. The lowest BCUT2D eigenvalue weighted by atomic mass is 9.90. The van der Waals surface area contributed by atoms with Gasteiger partial charge in [0.25, 0.3) is 0 Å².